The molecule has 0 saturated heterocycles. The van der Waals surface area contributed by atoms with Crippen molar-refractivity contribution in [2.24, 2.45) is 0 Å². The van der Waals surface area contributed by atoms with E-state index in [2.05, 4.69) is 27.8 Å². The molecule has 0 aromatic rings. The number of nitrogens with zero attached hydrogens (tertiary/aromatic N) is 1. The summed E-state index contributed by atoms with van der Waals surface area (Å²) in [6.07, 6.45) is 1.30. The number of quaternary nitrogens is 1. The fraction of sp³-hybridized carbons (Fsp3) is 1.00. The molecule has 0 amide bonds. The minimum atomic E-state index is 0. The quantitative estimate of drug-likeness (QED) is 0.633. The molecule has 0 aliphatic rings. The minimum absolute atomic E-state index is 0. The van der Waals surface area contributed by atoms with E-state index in [1.807, 2.05) is 0 Å². The van der Waals surface area contributed by atoms with Crippen LogP contribution in [0.3, 0.4) is 0 Å². The second kappa shape index (κ2) is 6.75. The van der Waals surface area contributed by atoms with Crippen LogP contribution in [0.2, 0.25) is 0 Å². The molecule has 2 heteroatoms. The Morgan fingerprint density at radius 1 is 1.00 bits per heavy atom. The molecular weight excluding hydrogens is 199 g/mol. The van der Waals surface area contributed by atoms with Gasteiger partial charge in [0.15, 0.2) is 0 Å². The molecule has 0 unspecified atom stereocenters. The van der Waals surface area contributed by atoms with Gasteiger partial charge < -0.3 is 4.48 Å². The summed E-state index contributed by atoms with van der Waals surface area (Å²) in [5.41, 5.74) is 0. The van der Waals surface area contributed by atoms with E-state index >= 15 is 0 Å². The second-order valence-electron chi connectivity index (χ2n) is 2.98. The standard InChI is InChI=1S/C8H20N.Y/c1-5-8-9(4,6-2)7-3;/h5-8H2,1-4H3;/q+1;. The molecular formula is C8H20NY+. The third-order valence-electron chi connectivity index (χ3n) is 2.29. The van der Waals surface area contributed by atoms with Gasteiger partial charge in [-0.3, -0.25) is 0 Å². The van der Waals surface area contributed by atoms with Crippen LogP contribution in [0, 0.1) is 0 Å². The second-order valence-corrected chi connectivity index (χ2v) is 2.98. The van der Waals surface area contributed by atoms with E-state index in [1.54, 1.807) is 0 Å². The zero-order valence-electron chi connectivity index (χ0n) is 7.85. The van der Waals surface area contributed by atoms with Crippen LogP contribution in [0.25, 0.3) is 0 Å². The molecule has 0 aromatic heterocycles. The van der Waals surface area contributed by atoms with Gasteiger partial charge in [-0.25, -0.2) is 0 Å². The topological polar surface area (TPSA) is 0 Å². The Labute approximate surface area is 90.6 Å². The Morgan fingerprint density at radius 2 is 1.40 bits per heavy atom. The molecule has 0 rings (SSSR count). The average molecular weight is 219 g/mol. The summed E-state index contributed by atoms with van der Waals surface area (Å²) >= 11 is 0. The number of rotatable bonds is 4. The van der Waals surface area contributed by atoms with E-state index in [0.717, 1.165) is 0 Å². The maximum Gasteiger partial charge on any atom is 0.0781 e. The summed E-state index contributed by atoms with van der Waals surface area (Å²) in [5.74, 6) is 0. The molecule has 0 N–H and O–H groups in total. The zero-order chi connectivity index (χ0) is 7.33. The maximum absolute atomic E-state index is 2.32. The molecule has 0 spiro atoms. The Kier molecular flexibility index (Phi) is 9.21. The largest absolute Gasteiger partial charge is 0.327 e. The number of hydrogen-bond acceptors (Lipinski definition) is 0. The molecule has 59 valence electrons. The van der Waals surface area contributed by atoms with Crippen LogP contribution < -0.4 is 0 Å². The predicted octanol–water partition coefficient (Wildman–Crippen LogP) is 1.88. The molecule has 0 heterocycles. The van der Waals surface area contributed by atoms with Crippen molar-refractivity contribution in [1.82, 2.24) is 0 Å². The van der Waals surface area contributed by atoms with E-state index in [0.29, 0.717) is 0 Å². The molecule has 0 fully saturated rings. The molecule has 1 nitrogen and oxygen atoms in total. The van der Waals surface area contributed by atoms with Crippen molar-refractivity contribution in [2.45, 2.75) is 27.2 Å². The van der Waals surface area contributed by atoms with E-state index < -0.39 is 0 Å². The first-order chi connectivity index (χ1) is 4.18. The van der Waals surface area contributed by atoms with Gasteiger partial charge in [0.25, 0.3) is 0 Å². The van der Waals surface area contributed by atoms with Gasteiger partial charge in [-0.1, -0.05) is 6.92 Å². The summed E-state index contributed by atoms with van der Waals surface area (Å²) < 4.78 is 1.23. The van der Waals surface area contributed by atoms with Gasteiger partial charge in [0.1, 0.15) is 0 Å². The third kappa shape index (κ3) is 4.81. The van der Waals surface area contributed by atoms with Crippen molar-refractivity contribution >= 4 is 0 Å². The first-order valence-electron chi connectivity index (χ1n) is 4.02. The van der Waals surface area contributed by atoms with Crippen LogP contribution in [0.15, 0.2) is 0 Å². The van der Waals surface area contributed by atoms with Crippen LogP contribution in [-0.4, -0.2) is 31.2 Å². The van der Waals surface area contributed by atoms with Gasteiger partial charge in [0.2, 0.25) is 0 Å². The van der Waals surface area contributed by atoms with Crippen LogP contribution in [0.5, 0.6) is 0 Å². The normalized spacial score (nSPS) is 10.8. The van der Waals surface area contributed by atoms with Gasteiger partial charge >= 0.3 is 0 Å². The Hall–Kier alpha value is 1.06. The summed E-state index contributed by atoms with van der Waals surface area (Å²) in [6.45, 7) is 10.6. The first kappa shape index (κ1) is 13.6. The predicted molar refractivity (Wildman–Crippen MR) is 42.4 cm³/mol. The van der Waals surface area contributed by atoms with Crippen molar-refractivity contribution in [2.75, 3.05) is 26.7 Å². The van der Waals surface area contributed by atoms with Crippen molar-refractivity contribution in [3.63, 3.8) is 0 Å². The summed E-state index contributed by atoms with van der Waals surface area (Å²) in [6, 6.07) is 0. The summed E-state index contributed by atoms with van der Waals surface area (Å²) in [5, 5.41) is 0. The molecule has 0 atom stereocenters. The molecule has 0 aliphatic heterocycles. The van der Waals surface area contributed by atoms with Crippen molar-refractivity contribution in [1.29, 1.82) is 0 Å². The first-order valence-corrected chi connectivity index (χ1v) is 4.02. The fourth-order valence-corrected chi connectivity index (χ4v) is 1.08. The molecule has 0 aliphatic carbocycles. The van der Waals surface area contributed by atoms with Gasteiger partial charge in [0.05, 0.1) is 26.7 Å². The number of hydrogen-bond donors (Lipinski definition) is 0. The Balaban J connectivity index is 0. The van der Waals surface area contributed by atoms with Crippen molar-refractivity contribution in [3.05, 3.63) is 0 Å². The molecule has 0 bridgehead atoms. The summed E-state index contributed by atoms with van der Waals surface area (Å²) in [4.78, 5) is 0. The Bertz CT molecular complexity index is 69.7. The maximum atomic E-state index is 2.32. The Morgan fingerprint density at radius 3 is 1.50 bits per heavy atom. The average Bonchev–Trinajstić information content (AvgIpc) is 1.89. The SMILES string of the molecule is CCC[N+](C)(CC)CC.[Y]. The zero-order valence-corrected chi connectivity index (χ0v) is 10.7. The fourth-order valence-electron chi connectivity index (χ4n) is 1.08. The van der Waals surface area contributed by atoms with Crippen LogP contribution in [0.1, 0.15) is 27.2 Å². The molecule has 0 aromatic carbocycles. The van der Waals surface area contributed by atoms with Gasteiger partial charge in [-0.2, -0.15) is 0 Å². The smallest absolute Gasteiger partial charge is 0.0781 e. The summed E-state index contributed by atoms with van der Waals surface area (Å²) in [7, 11) is 2.32. The monoisotopic (exact) mass is 219 g/mol. The van der Waals surface area contributed by atoms with Crippen LogP contribution >= 0.6 is 0 Å². The van der Waals surface area contributed by atoms with Gasteiger partial charge in [-0.05, 0) is 20.3 Å². The van der Waals surface area contributed by atoms with Gasteiger partial charge in [-0.15, -0.1) is 0 Å². The molecule has 1 radical (unpaired) electrons. The van der Waals surface area contributed by atoms with E-state index in [-0.39, 0.29) is 32.7 Å². The van der Waals surface area contributed by atoms with Crippen molar-refractivity contribution < 1.29 is 37.2 Å². The minimum Gasteiger partial charge on any atom is -0.327 e. The van der Waals surface area contributed by atoms with Crippen LogP contribution in [-0.2, 0) is 32.7 Å². The molecule has 0 saturated carbocycles. The van der Waals surface area contributed by atoms with Crippen molar-refractivity contribution in [3.8, 4) is 0 Å². The third-order valence-corrected chi connectivity index (χ3v) is 2.29. The van der Waals surface area contributed by atoms with E-state index in [4.69, 9.17) is 0 Å². The molecule has 10 heavy (non-hydrogen) atoms. The van der Waals surface area contributed by atoms with E-state index in [9.17, 15) is 0 Å². The van der Waals surface area contributed by atoms with E-state index in [1.165, 1.54) is 30.5 Å². The van der Waals surface area contributed by atoms with Crippen LogP contribution in [0.4, 0.5) is 0 Å². The van der Waals surface area contributed by atoms with Gasteiger partial charge in [0, 0.05) is 32.7 Å².